The molecule has 0 radical (unpaired) electrons. The highest BCUT2D eigenvalue weighted by molar-refractivity contribution is 5.70. The number of benzene rings is 1. The summed E-state index contributed by atoms with van der Waals surface area (Å²) in [5, 5.41) is 0. The molecular formula is C14H19F3N2O. The molecule has 1 aromatic carbocycles. The van der Waals surface area contributed by atoms with E-state index in [1.54, 1.807) is 0 Å². The molecular weight excluding hydrogens is 269 g/mol. The van der Waals surface area contributed by atoms with Crippen LogP contribution in [0.1, 0.15) is 32.6 Å². The van der Waals surface area contributed by atoms with Gasteiger partial charge in [0.2, 0.25) is 0 Å². The summed E-state index contributed by atoms with van der Waals surface area (Å²) >= 11 is 0. The number of ether oxygens (including phenoxy) is 1. The van der Waals surface area contributed by atoms with Gasteiger partial charge in [0, 0.05) is 24.7 Å². The van der Waals surface area contributed by atoms with E-state index in [1.165, 1.54) is 6.07 Å². The van der Waals surface area contributed by atoms with Gasteiger partial charge in [-0.15, -0.1) is 0 Å². The topological polar surface area (TPSA) is 38.5 Å². The Hall–Kier alpha value is -1.59. The number of anilines is 2. The van der Waals surface area contributed by atoms with Gasteiger partial charge < -0.3 is 15.4 Å². The van der Waals surface area contributed by atoms with Crippen LogP contribution in [0.25, 0.3) is 0 Å². The first-order valence-corrected chi connectivity index (χ1v) is 6.83. The van der Waals surface area contributed by atoms with Gasteiger partial charge in [-0.25, -0.2) is 4.39 Å². The van der Waals surface area contributed by atoms with E-state index in [2.05, 4.69) is 4.74 Å². The van der Waals surface area contributed by atoms with E-state index in [0.29, 0.717) is 18.3 Å². The summed E-state index contributed by atoms with van der Waals surface area (Å²) in [5.74, 6) is -1.32. The van der Waals surface area contributed by atoms with Crippen molar-refractivity contribution in [2.75, 3.05) is 17.2 Å². The normalized spacial score (nSPS) is 15.8. The van der Waals surface area contributed by atoms with E-state index in [0.717, 1.165) is 31.7 Å². The van der Waals surface area contributed by atoms with E-state index < -0.39 is 18.2 Å². The molecule has 1 saturated carbocycles. The Morgan fingerprint density at radius 3 is 2.55 bits per heavy atom. The second kappa shape index (κ2) is 6.24. The van der Waals surface area contributed by atoms with Crippen LogP contribution in [0.2, 0.25) is 0 Å². The molecule has 112 valence electrons. The molecule has 1 aromatic rings. The Morgan fingerprint density at radius 1 is 1.35 bits per heavy atom. The minimum Gasteiger partial charge on any atom is -0.432 e. The standard InChI is InChI=1S/C14H19F3N2O/c1-2-19(9-5-3-4-6-9)12-8-13(20-14(16)17)10(15)7-11(12)18/h7-9,14H,2-6,18H2,1H3. The van der Waals surface area contributed by atoms with Crippen molar-refractivity contribution in [3.63, 3.8) is 0 Å². The van der Waals surface area contributed by atoms with E-state index in [9.17, 15) is 13.2 Å². The first-order valence-electron chi connectivity index (χ1n) is 6.83. The van der Waals surface area contributed by atoms with E-state index in [4.69, 9.17) is 5.73 Å². The lowest BCUT2D eigenvalue weighted by Gasteiger charge is -2.31. The van der Waals surface area contributed by atoms with Crippen molar-refractivity contribution in [1.82, 2.24) is 0 Å². The lowest BCUT2D eigenvalue weighted by atomic mass is 10.1. The Labute approximate surface area is 116 Å². The Balaban J connectivity index is 2.33. The molecule has 20 heavy (non-hydrogen) atoms. The minimum absolute atomic E-state index is 0.248. The van der Waals surface area contributed by atoms with Gasteiger partial charge in [0.25, 0.3) is 0 Å². The average Bonchev–Trinajstić information content (AvgIpc) is 2.89. The van der Waals surface area contributed by atoms with Crippen LogP contribution in [0.3, 0.4) is 0 Å². The van der Waals surface area contributed by atoms with Crippen molar-refractivity contribution in [2.45, 2.75) is 45.3 Å². The summed E-state index contributed by atoms with van der Waals surface area (Å²) in [7, 11) is 0. The maximum Gasteiger partial charge on any atom is 0.387 e. The third-order valence-electron chi connectivity index (χ3n) is 3.71. The predicted octanol–water partition coefficient (Wildman–Crippen LogP) is 3.78. The van der Waals surface area contributed by atoms with Crippen LogP contribution in [-0.4, -0.2) is 19.2 Å². The van der Waals surface area contributed by atoms with Gasteiger partial charge in [-0.3, -0.25) is 0 Å². The maximum absolute atomic E-state index is 13.6. The van der Waals surface area contributed by atoms with Crippen LogP contribution < -0.4 is 15.4 Å². The monoisotopic (exact) mass is 288 g/mol. The number of hydrogen-bond donors (Lipinski definition) is 1. The summed E-state index contributed by atoms with van der Waals surface area (Å²) in [4.78, 5) is 2.04. The second-order valence-corrected chi connectivity index (χ2v) is 4.94. The van der Waals surface area contributed by atoms with Crippen molar-refractivity contribution in [1.29, 1.82) is 0 Å². The maximum atomic E-state index is 13.6. The van der Waals surface area contributed by atoms with Crippen LogP contribution in [0.5, 0.6) is 5.75 Å². The van der Waals surface area contributed by atoms with Gasteiger partial charge in [-0.05, 0) is 19.8 Å². The molecule has 0 aliphatic heterocycles. The number of hydrogen-bond acceptors (Lipinski definition) is 3. The van der Waals surface area contributed by atoms with Gasteiger partial charge >= 0.3 is 6.61 Å². The molecule has 1 aliphatic carbocycles. The number of halogens is 3. The molecule has 0 spiro atoms. The molecule has 6 heteroatoms. The second-order valence-electron chi connectivity index (χ2n) is 4.94. The van der Waals surface area contributed by atoms with Crippen LogP contribution in [0, 0.1) is 5.82 Å². The highest BCUT2D eigenvalue weighted by atomic mass is 19.3. The smallest absolute Gasteiger partial charge is 0.387 e. The molecule has 0 saturated heterocycles. The molecule has 2 rings (SSSR count). The van der Waals surface area contributed by atoms with Gasteiger partial charge in [0.05, 0.1) is 11.4 Å². The number of nitrogens with two attached hydrogens (primary N) is 1. The first-order chi connectivity index (χ1) is 9.52. The zero-order valence-electron chi connectivity index (χ0n) is 11.4. The Bertz CT molecular complexity index is 462. The quantitative estimate of drug-likeness (QED) is 0.838. The third-order valence-corrected chi connectivity index (χ3v) is 3.71. The molecule has 0 atom stereocenters. The minimum atomic E-state index is -3.05. The predicted molar refractivity (Wildman–Crippen MR) is 72.7 cm³/mol. The van der Waals surface area contributed by atoms with Gasteiger partial charge in [-0.2, -0.15) is 8.78 Å². The summed E-state index contributed by atoms with van der Waals surface area (Å²) in [5.41, 5.74) is 6.65. The molecule has 2 N–H and O–H groups in total. The molecule has 0 aromatic heterocycles. The largest absolute Gasteiger partial charge is 0.432 e. The number of alkyl halides is 2. The SMILES string of the molecule is CCN(c1cc(OC(F)F)c(F)cc1N)C1CCCC1. The molecule has 0 unspecified atom stereocenters. The molecule has 0 heterocycles. The lowest BCUT2D eigenvalue weighted by molar-refractivity contribution is -0.0521. The van der Waals surface area contributed by atoms with E-state index >= 15 is 0 Å². The zero-order valence-corrected chi connectivity index (χ0v) is 11.4. The summed E-state index contributed by atoms with van der Waals surface area (Å²) in [6, 6.07) is 2.65. The highest BCUT2D eigenvalue weighted by Crippen LogP contribution is 2.36. The van der Waals surface area contributed by atoms with Crippen molar-refractivity contribution in [2.24, 2.45) is 0 Å². The molecule has 0 amide bonds. The number of rotatable bonds is 5. The van der Waals surface area contributed by atoms with Crippen molar-refractivity contribution < 1.29 is 17.9 Å². The van der Waals surface area contributed by atoms with Crippen LogP contribution in [0.15, 0.2) is 12.1 Å². The Kier molecular flexibility index (Phi) is 4.62. The number of nitrogen functional groups attached to an aromatic ring is 1. The van der Waals surface area contributed by atoms with Gasteiger partial charge in [0.15, 0.2) is 11.6 Å². The van der Waals surface area contributed by atoms with Crippen molar-refractivity contribution in [3.05, 3.63) is 17.9 Å². The highest BCUT2D eigenvalue weighted by Gasteiger charge is 2.24. The molecule has 1 fully saturated rings. The summed E-state index contributed by atoms with van der Waals surface area (Å²) in [6.45, 7) is -0.397. The van der Waals surface area contributed by atoms with Crippen molar-refractivity contribution >= 4 is 11.4 Å². The number of nitrogens with zero attached hydrogens (tertiary/aromatic N) is 1. The lowest BCUT2D eigenvalue weighted by Crippen LogP contribution is -2.33. The van der Waals surface area contributed by atoms with Crippen LogP contribution in [-0.2, 0) is 0 Å². The summed E-state index contributed by atoms with van der Waals surface area (Å²) < 4.78 is 42.4. The van der Waals surface area contributed by atoms with E-state index in [1.807, 2.05) is 11.8 Å². The zero-order chi connectivity index (χ0) is 14.7. The molecule has 0 bridgehead atoms. The Morgan fingerprint density at radius 2 is 2.00 bits per heavy atom. The van der Waals surface area contributed by atoms with E-state index in [-0.39, 0.29) is 5.69 Å². The summed E-state index contributed by atoms with van der Waals surface area (Å²) in [6.07, 6.45) is 4.36. The average molecular weight is 288 g/mol. The van der Waals surface area contributed by atoms with Gasteiger partial charge in [-0.1, -0.05) is 12.8 Å². The fraction of sp³-hybridized carbons (Fsp3) is 0.571. The fourth-order valence-electron chi connectivity index (χ4n) is 2.83. The van der Waals surface area contributed by atoms with Crippen LogP contribution in [0.4, 0.5) is 24.5 Å². The third kappa shape index (κ3) is 3.11. The fourth-order valence-corrected chi connectivity index (χ4v) is 2.83. The van der Waals surface area contributed by atoms with Crippen LogP contribution >= 0.6 is 0 Å². The molecule has 3 nitrogen and oxygen atoms in total. The molecule has 1 aliphatic rings. The first kappa shape index (κ1) is 14.8. The van der Waals surface area contributed by atoms with Crippen molar-refractivity contribution in [3.8, 4) is 5.75 Å². The van der Waals surface area contributed by atoms with Gasteiger partial charge in [0.1, 0.15) is 0 Å².